The number of carboxylic acid groups (broad SMARTS) is 1. The first-order chi connectivity index (χ1) is 15.9. The van der Waals surface area contributed by atoms with Crippen LogP contribution in [0.2, 0.25) is 0 Å². The SMILES string of the molecule is COc1ccc2ncc(F)c([C@H](N)CCC3CCN(CCSC4CC4)CC3CC(=O)O)c2c1. The number of hydrogen-bond donors (Lipinski definition) is 2. The highest BCUT2D eigenvalue weighted by Crippen LogP contribution is 2.36. The van der Waals surface area contributed by atoms with E-state index in [9.17, 15) is 14.3 Å². The van der Waals surface area contributed by atoms with Gasteiger partial charge in [0.2, 0.25) is 0 Å². The first-order valence-corrected chi connectivity index (χ1v) is 12.9. The van der Waals surface area contributed by atoms with Gasteiger partial charge in [-0.15, -0.1) is 0 Å². The number of halogens is 1. The van der Waals surface area contributed by atoms with Gasteiger partial charge >= 0.3 is 5.97 Å². The fourth-order valence-corrected chi connectivity index (χ4v) is 6.15. The van der Waals surface area contributed by atoms with Gasteiger partial charge in [0.1, 0.15) is 11.6 Å². The third-order valence-corrected chi connectivity index (χ3v) is 8.35. The summed E-state index contributed by atoms with van der Waals surface area (Å²) in [5.41, 5.74) is 7.65. The number of hydrogen-bond acceptors (Lipinski definition) is 6. The fourth-order valence-electron chi connectivity index (χ4n) is 4.99. The molecular weight excluding hydrogens is 441 g/mol. The van der Waals surface area contributed by atoms with Crippen LogP contribution in [0.4, 0.5) is 4.39 Å². The Morgan fingerprint density at radius 3 is 2.91 bits per heavy atom. The van der Waals surface area contributed by atoms with E-state index >= 15 is 0 Å². The Morgan fingerprint density at radius 1 is 1.36 bits per heavy atom. The number of rotatable bonds is 11. The number of carboxylic acids is 1. The van der Waals surface area contributed by atoms with Crippen LogP contribution in [0.3, 0.4) is 0 Å². The predicted molar refractivity (Wildman–Crippen MR) is 130 cm³/mol. The molecule has 1 aromatic carbocycles. The molecule has 0 amide bonds. The molecule has 3 N–H and O–H groups in total. The molecule has 2 unspecified atom stereocenters. The number of thioether (sulfide) groups is 1. The van der Waals surface area contributed by atoms with E-state index in [-0.39, 0.29) is 18.3 Å². The molecule has 0 radical (unpaired) electrons. The van der Waals surface area contributed by atoms with Crippen molar-refractivity contribution in [2.24, 2.45) is 17.6 Å². The highest BCUT2D eigenvalue weighted by molar-refractivity contribution is 8.00. The van der Waals surface area contributed by atoms with E-state index in [4.69, 9.17) is 10.5 Å². The molecule has 1 aromatic heterocycles. The number of benzene rings is 1. The first kappa shape index (κ1) is 24.2. The number of aromatic nitrogens is 1. The second kappa shape index (κ2) is 11.0. The molecule has 0 spiro atoms. The van der Waals surface area contributed by atoms with Crippen LogP contribution in [0.25, 0.3) is 10.9 Å². The number of piperidine rings is 1. The smallest absolute Gasteiger partial charge is 0.303 e. The standard InChI is InChI=1S/C25H34FN3O3S/c1-32-18-3-7-23-20(13-18)25(21(26)14-28-23)22(27)6-2-16-8-9-29(10-11-33-19-4-5-19)15-17(16)12-24(30)31/h3,7,13-14,16-17,19,22H,2,4-6,8-12,15,27H2,1H3,(H,30,31)/t16?,17?,22-/m1/s1. The molecule has 8 heteroatoms. The average molecular weight is 476 g/mol. The molecule has 6 nitrogen and oxygen atoms in total. The van der Waals surface area contributed by atoms with Crippen LogP contribution >= 0.6 is 11.8 Å². The van der Waals surface area contributed by atoms with Crippen molar-refractivity contribution in [3.05, 3.63) is 35.8 Å². The Bertz CT molecular complexity index is 971. The zero-order valence-corrected chi connectivity index (χ0v) is 20.0. The zero-order chi connectivity index (χ0) is 23.4. The van der Waals surface area contributed by atoms with Crippen LogP contribution in [0, 0.1) is 17.7 Å². The van der Waals surface area contributed by atoms with Gasteiger partial charge in [-0.3, -0.25) is 9.78 Å². The number of likely N-dealkylation sites (tertiary alicyclic amines) is 1. The number of pyridine rings is 1. The third-order valence-electron chi connectivity index (χ3n) is 6.99. The molecule has 0 bridgehead atoms. The summed E-state index contributed by atoms with van der Waals surface area (Å²) in [6.45, 7) is 2.84. The van der Waals surface area contributed by atoms with Crippen molar-refractivity contribution in [2.75, 3.05) is 32.5 Å². The number of ether oxygens (including phenoxy) is 1. The summed E-state index contributed by atoms with van der Waals surface area (Å²) in [6, 6.07) is 4.91. The van der Waals surface area contributed by atoms with Crippen LogP contribution in [0.5, 0.6) is 5.75 Å². The summed E-state index contributed by atoms with van der Waals surface area (Å²) in [4.78, 5) is 18.1. The molecule has 2 aliphatic rings. The molecular formula is C25H34FN3O3S. The molecule has 2 fully saturated rings. The van der Waals surface area contributed by atoms with Crippen LogP contribution < -0.4 is 10.5 Å². The third kappa shape index (κ3) is 6.37. The van der Waals surface area contributed by atoms with E-state index in [0.29, 0.717) is 28.6 Å². The summed E-state index contributed by atoms with van der Waals surface area (Å²) in [7, 11) is 1.58. The highest BCUT2D eigenvalue weighted by atomic mass is 32.2. The van der Waals surface area contributed by atoms with E-state index in [2.05, 4.69) is 9.88 Å². The summed E-state index contributed by atoms with van der Waals surface area (Å²) >= 11 is 2.04. The molecule has 2 heterocycles. The van der Waals surface area contributed by atoms with Gasteiger partial charge in [-0.2, -0.15) is 11.8 Å². The summed E-state index contributed by atoms with van der Waals surface area (Å²) < 4.78 is 20.1. The number of nitrogens with zero attached hydrogens (tertiary/aromatic N) is 2. The van der Waals surface area contributed by atoms with Gasteiger partial charge in [-0.25, -0.2) is 4.39 Å². The van der Waals surface area contributed by atoms with Crippen molar-refractivity contribution in [3.63, 3.8) is 0 Å². The van der Waals surface area contributed by atoms with E-state index in [1.165, 1.54) is 19.0 Å². The maximum Gasteiger partial charge on any atom is 0.303 e. The van der Waals surface area contributed by atoms with Gasteiger partial charge < -0.3 is 20.5 Å². The summed E-state index contributed by atoms with van der Waals surface area (Å²) in [6.07, 6.45) is 6.45. The summed E-state index contributed by atoms with van der Waals surface area (Å²) in [5.74, 6) is 0.989. The number of carbonyl (C=O) groups is 1. The Labute approximate surface area is 199 Å². The van der Waals surface area contributed by atoms with Gasteiger partial charge in [0.25, 0.3) is 0 Å². The number of aliphatic carboxylic acids is 1. The van der Waals surface area contributed by atoms with Crippen LogP contribution in [-0.2, 0) is 4.79 Å². The minimum atomic E-state index is -0.748. The lowest BCUT2D eigenvalue weighted by atomic mass is 9.79. The summed E-state index contributed by atoms with van der Waals surface area (Å²) in [5, 5.41) is 11.0. The van der Waals surface area contributed by atoms with Gasteiger partial charge in [-0.05, 0) is 68.7 Å². The molecule has 1 saturated carbocycles. The minimum absolute atomic E-state index is 0.105. The fraction of sp³-hybridized carbons (Fsp3) is 0.600. The normalized spacial score (nSPS) is 22.4. The second-order valence-electron chi connectivity index (χ2n) is 9.36. The van der Waals surface area contributed by atoms with Crippen LogP contribution in [0.15, 0.2) is 24.4 Å². The number of nitrogens with two attached hydrogens (primary N) is 1. The zero-order valence-electron chi connectivity index (χ0n) is 19.2. The largest absolute Gasteiger partial charge is 0.497 e. The molecule has 1 aliphatic carbocycles. The van der Waals surface area contributed by atoms with Crippen LogP contribution in [0.1, 0.15) is 50.1 Å². The van der Waals surface area contributed by atoms with Gasteiger partial charge in [0.05, 0.1) is 18.8 Å². The van der Waals surface area contributed by atoms with Crippen LogP contribution in [-0.4, -0.2) is 58.7 Å². The van der Waals surface area contributed by atoms with Crippen molar-refractivity contribution < 1.29 is 19.0 Å². The Hall–Kier alpha value is -1.90. The first-order valence-electron chi connectivity index (χ1n) is 11.9. The molecule has 1 saturated heterocycles. The van der Waals surface area contributed by atoms with E-state index < -0.39 is 17.8 Å². The van der Waals surface area contributed by atoms with Gasteiger partial charge in [-0.1, -0.05) is 0 Å². The van der Waals surface area contributed by atoms with Crippen molar-refractivity contribution >= 4 is 28.6 Å². The molecule has 2 aromatic rings. The molecule has 1 aliphatic heterocycles. The van der Waals surface area contributed by atoms with Gasteiger partial charge in [0, 0.05) is 47.5 Å². The molecule has 180 valence electrons. The minimum Gasteiger partial charge on any atom is -0.497 e. The highest BCUT2D eigenvalue weighted by Gasteiger charge is 2.31. The quantitative estimate of drug-likeness (QED) is 0.496. The number of methoxy groups -OCH3 is 1. The molecule has 3 atom stereocenters. The van der Waals surface area contributed by atoms with Crippen molar-refractivity contribution in [1.82, 2.24) is 9.88 Å². The Balaban J connectivity index is 1.40. The predicted octanol–water partition coefficient (Wildman–Crippen LogP) is 4.47. The maximum absolute atomic E-state index is 14.8. The monoisotopic (exact) mass is 475 g/mol. The lowest BCUT2D eigenvalue weighted by molar-refractivity contribution is -0.139. The van der Waals surface area contributed by atoms with E-state index in [1.54, 1.807) is 19.2 Å². The number of fused-ring (bicyclic) bond motifs is 1. The lowest BCUT2D eigenvalue weighted by Gasteiger charge is -2.38. The topological polar surface area (TPSA) is 88.7 Å². The van der Waals surface area contributed by atoms with Crippen molar-refractivity contribution in [2.45, 2.75) is 49.8 Å². The van der Waals surface area contributed by atoms with E-state index in [0.717, 1.165) is 43.5 Å². The van der Waals surface area contributed by atoms with E-state index in [1.807, 2.05) is 17.8 Å². The Morgan fingerprint density at radius 2 is 2.18 bits per heavy atom. The Kier molecular flexibility index (Phi) is 8.09. The van der Waals surface area contributed by atoms with Crippen molar-refractivity contribution in [1.29, 1.82) is 0 Å². The lowest BCUT2D eigenvalue weighted by Crippen LogP contribution is -2.42. The van der Waals surface area contributed by atoms with Gasteiger partial charge in [0.15, 0.2) is 0 Å². The average Bonchev–Trinajstić information content (AvgIpc) is 3.62. The second-order valence-corrected chi connectivity index (χ2v) is 10.8. The molecule has 4 rings (SSSR count). The molecule has 33 heavy (non-hydrogen) atoms. The maximum atomic E-state index is 14.8. The van der Waals surface area contributed by atoms with Crippen molar-refractivity contribution in [3.8, 4) is 5.75 Å².